The van der Waals surface area contributed by atoms with Gasteiger partial charge in [-0.2, -0.15) is 0 Å². The van der Waals surface area contributed by atoms with E-state index in [-0.39, 0.29) is 42.0 Å². The van der Waals surface area contributed by atoms with Crippen LogP contribution in [0.25, 0.3) is 0 Å². The lowest BCUT2D eigenvalue weighted by atomic mass is 9.41. The van der Waals surface area contributed by atoms with Crippen LogP contribution in [0.5, 0.6) is 0 Å². The van der Waals surface area contributed by atoms with E-state index >= 15 is 0 Å². The van der Waals surface area contributed by atoms with Crippen LogP contribution in [-0.2, 0) is 9.53 Å². The second kappa shape index (κ2) is 15.4. The maximum atomic E-state index is 14.4. The van der Waals surface area contributed by atoms with Crippen LogP contribution in [0, 0.1) is 46.3 Å². The highest BCUT2D eigenvalue weighted by molar-refractivity contribution is 5.95. The first-order valence-corrected chi connectivity index (χ1v) is 21.6. The molecule has 298 valence electrons. The molecule has 0 spiro atoms. The molecule has 0 radical (unpaired) electrons. The molecule has 5 aliphatic carbocycles. The number of fused-ring (bicyclic) bond motifs is 5. The highest BCUT2D eigenvalue weighted by Crippen LogP contribution is 2.73. The van der Waals surface area contributed by atoms with Crippen molar-refractivity contribution in [2.75, 3.05) is 6.61 Å². The van der Waals surface area contributed by atoms with E-state index in [0.29, 0.717) is 51.0 Å². The molecule has 14 atom stereocenters. The summed E-state index contributed by atoms with van der Waals surface area (Å²) in [4.78, 5) is 14.4. The number of nitrogens with one attached hydrogen (secondary N) is 1. The zero-order valence-corrected chi connectivity index (χ0v) is 32.7. The van der Waals surface area contributed by atoms with E-state index in [2.05, 4.69) is 19.2 Å². The SMILES string of the molecule is CCCCCCC1COC(C(O)C(C)(O)C2CCC3(O)C4=CC(=O)C5CC(O)C(O)CC5(CCC5=CNC(N)C=C5)C4CCC23C2CCCCC2)C1C. The van der Waals surface area contributed by atoms with E-state index in [1.54, 1.807) is 13.0 Å². The monoisotopic (exact) mass is 739 g/mol. The maximum absolute atomic E-state index is 14.4. The van der Waals surface area contributed by atoms with Gasteiger partial charge >= 0.3 is 0 Å². The minimum absolute atomic E-state index is 0.0585. The van der Waals surface area contributed by atoms with Crippen LogP contribution >= 0.6 is 0 Å². The van der Waals surface area contributed by atoms with Gasteiger partial charge in [-0.25, -0.2) is 0 Å². The van der Waals surface area contributed by atoms with E-state index in [0.717, 1.165) is 62.5 Å². The van der Waals surface area contributed by atoms with Crippen LogP contribution < -0.4 is 11.1 Å². The Labute approximate surface area is 317 Å². The largest absolute Gasteiger partial charge is 0.390 e. The summed E-state index contributed by atoms with van der Waals surface area (Å²) in [6.45, 7) is 6.79. The average molecular weight is 739 g/mol. The molecule has 5 fully saturated rings. The van der Waals surface area contributed by atoms with Crippen molar-refractivity contribution < 1.29 is 35.1 Å². The van der Waals surface area contributed by atoms with Crippen LogP contribution in [0.15, 0.2) is 35.6 Å². The standard InChI is InChI=1S/C44H70N2O7/c1-4-5-6-8-11-29-26-53-39(27(29)2)40(50)41(3,51)37-18-21-44(52)32-22-34(47)33-23-35(48)36(49)24-42(33,19-16-28-14-15-38(45)46-25-28)31(32)17-20-43(37,44)30-12-9-7-10-13-30/h14-15,22,25,27,29-31,33,35-40,46,48-52H,4-13,16-21,23-24,26,45H2,1-3H3. The normalized spacial score (nSPS) is 44.6. The molecule has 0 aromatic heterocycles. The lowest BCUT2D eigenvalue weighted by Gasteiger charge is -2.64. The van der Waals surface area contributed by atoms with Gasteiger partial charge in [-0.15, -0.1) is 0 Å². The number of aliphatic hydroxyl groups is 5. The molecule has 0 aromatic carbocycles. The molecule has 14 unspecified atom stereocenters. The van der Waals surface area contributed by atoms with Crippen molar-refractivity contribution in [1.82, 2.24) is 5.32 Å². The number of ether oxygens (including phenoxy) is 1. The lowest BCUT2D eigenvalue weighted by Crippen LogP contribution is -2.67. The van der Waals surface area contributed by atoms with E-state index in [1.807, 2.05) is 18.4 Å². The smallest absolute Gasteiger partial charge is 0.159 e. The Bertz CT molecular complexity index is 1420. The number of aliphatic hydroxyl groups excluding tert-OH is 3. The quantitative estimate of drug-likeness (QED) is 0.127. The zero-order chi connectivity index (χ0) is 37.8. The van der Waals surface area contributed by atoms with Crippen LogP contribution in [0.1, 0.15) is 136 Å². The summed E-state index contributed by atoms with van der Waals surface area (Å²) in [6, 6.07) is 0. The molecule has 0 amide bonds. The molecular formula is C44H70N2O7. The zero-order valence-electron chi connectivity index (χ0n) is 32.7. The lowest BCUT2D eigenvalue weighted by molar-refractivity contribution is -0.217. The molecule has 2 aliphatic heterocycles. The Kier molecular flexibility index (Phi) is 11.5. The first-order valence-electron chi connectivity index (χ1n) is 21.6. The first-order chi connectivity index (χ1) is 25.3. The van der Waals surface area contributed by atoms with Crippen molar-refractivity contribution in [3.05, 3.63) is 35.6 Å². The van der Waals surface area contributed by atoms with Gasteiger partial charge in [-0.3, -0.25) is 4.79 Å². The molecule has 53 heavy (non-hydrogen) atoms. The molecule has 8 N–H and O–H groups in total. The predicted octanol–water partition coefficient (Wildman–Crippen LogP) is 5.57. The number of hydrogen-bond acceptors (Lipinski definition) is 9. The van der Waals surface area contributed by atoms with Gasteiger partial charge in [0.25, 0.3) is 0 Å². The van der Waals surface area contributed by atoms with Crippen molar-refractivity contribution in [2.24, 2.45) is 52.1 Å². The summed E-state index contributed by atoms with van der Waals surface area (Å²) >= 11 is 0. The molecule has 7 aliphatic rings. The number of nitrogens with two attached hydrogens (primary N) is 1. The van der Waals surface area contributed by atoms with Gasteiger partial charge < -0.3 is 41.3 Å². The highest BCUT2D eigenvalue weighted by atomic mass is 16.5. The fraction of sp³-hybridized carbons (Fsp3) is 0.841. The second-order valence-electron chi connectivity index (χ2n) is 19.0. The van der Waals surface area contributed by atoms with Crippen molar-refractivity contribution in [1.29, 1.82) is 0 Å². The number of ketones is 1. The predicted molar refractivity (Wildman–Crippen MR) is 205 cm³/mol. The number of allylic oxidation sites excluding steroid dienone is 3. The van der Waals surface area contributed by atoms with Gasteiger partial charge in [0.1, 0.15) is 6.10 Å². The van der Waals surface area contributed by atoms with E-state index in [9.17, 15) is 30.3 Å². The molecule has 9 nitrogen and oxygen atoms in total. The van der Waals surface area contributed by atoms with Crippen molar-refractivity contribution in [3.63, 3.8) is 0 Å². The third-order valence-corrected chi connectivity index (χ3v) is 16.4. The minimum Gasteiger partial charge on any atom is -0.390 e. The van der Waals surface area contributed by atoms with E-state index in [1.165, 1.54) is 19.3 Å². The molecule has 7 rings (SSSR count). The van der Waals surface area contributed by atoms with Gasteiger partial charge in [0.2, 0.25) is 0 Å². The first kappa shape index (κ1) is 39.6. The number of unbranched alkanes of at least 4 members (excludes halogenated alkanes) is 3. The number of dihydropyridines is 1. The maximum Gasteiger partial charge on any atom is 0.159 e. The number of rotatable bonds is 12. The molecule has 9 heteroatoms. The molecular weight excluding hydrogens is 668 g/mol. The Morgan fingerprint density at radius 1 is 1.06 bits per heavy atom. The third-order valence-electron chi connectivity index (χ3n) is 16.4. The highest BCUT2D eigenvalue weighted by Gasteiger charge is 2.73. The van der Waals surface area contributed by atoms with Crippen LogP contribution in [0.3, 0.4) is 0 Å². The van der Waals surface area contributed by atoms with Crippen LogP contribution in [0.4, 0.5) is 0 Å². The van der Waals surface area contributed by atoms with Crippen molar-refractivity contribution in [3.8, 4) is 0 Å². The number of carbonyl (C=O) groups is 1. The second-order valence-corrected chi connectivity index (χ2v) is 19.0. The fourth-order valence-corrected chi connectivity index (χ4v) is 13.6. The number of hydrogen-bond donors (Lipinski definition) is 7. The Hall–Kier alpha value is -1.59. The minimum atomic E-state index is -1.51. The van der Waals surface area contributed by atoms with Crippen LogP contribution in [0.2, 0.25) is 0 Å². The summed E-state index contributed by atoms with van der Waals surface area (Å²) in [5.74, 6) is -0.405. The van der Waals surface area contributed by atoms with E-state index in [4.69, 9.17) is 10.5 Å². The molecule has 0 bridgehead atoms. The van der Waals surface area contributed by atoms with Crippen molar-refractivity contribution in [2.45, 2.75) is 178 Å². The molecule has 4 saturated carbocycles. The topological polar surface area (TPSA) is 166 Å². The van der Waals surface area contributed by atoms with Crippen molar-refractivity contribution >= 4 is 5.78 Å². The van der Waals surface area contributed by atoms with E-state index < -0.39 is 52.4 Å². The summed E-state index contributed by atoms with van der Waals surface area (Å²) in [7, 11) is 0. The molecule has 1 saturated heterocycles. The fourth-order valence-electron chi connectivity index (χ4n) is 13.6. The third kappa shape index (κ3) is 6.64. The summed E-state index contributed by atoms with van der Waals surface area (Å²) in [6.07, 6.45) is 19.2. The van der Waals surface area contributed by atoms with Crippen LogP contribution in [-0.4, -0.2) is 79.7 Å². The average Bonchev–Trinajstić information content (AvgIpc) is 3.68. The Morgan fingerprint density at radius 3 is 2.55 bits per heavy atom. The Morgan fingerprint density at radius 2 is 1.83 bits per heavy atom. The molecule has 2 heterocycles. The summed E-state index contributed by atoms with van der Waals surface area (Å²) in [5.41, 5.74) is 3.72. The Balaban J connectivity index is 1.23. The van der Waals surface area contributed by atoms with Gasteiger partial charge in [-0.1, -0.05) is 64.9 Å². The molecule has 0 aromatic rings. The van der Waals surface area contributed by atoms with Gasteiger partial charge in [0.15, 0.2) is 5.78 Å². The van der Waals surface area contributed by atoms with Gasteiger partial charge in [0, 0.05) is 17.5 Å². The summed E-state index contributed by atoms with van der Waals surface area (Å²) in [5, 5.41) is 64.0. The van der Waals surface area contributed by atoms with Gasteiger partial charge in [-0.05, 0) is 136 Å². The summed E-state index contributed by atoms with van der Waals surface area (Å²) < 4.78 is 6.36. The van der Waals surface area contributed by atoms with Gasteiger partial charge in [0.05, 0.1) is 42.3 Å². The number of carbonyl (C=O) groups excluding carboxylic acids is 1.